The molecular formula is C12H13Cl2F3O2. The number of methoxy groups -OCH3 is 1. The first-order valence-electron chi connectivity index (χ1n) is 5.45. The lowest BCUT2D eigenvalue weighted by molar-refractivity contribution is -0.174. The summed E-state index contributed by atoms with van der Waals surface area (Å²) in [5, 5.41) is -0.0569. The third-order valence-corrected chi connectivity index (χ3v) is 3.08. The topological polar surface area (TPSA) is 18.5 Å². The molecule has 0 aliphatic rings. The van der Waals surface area contributed by atoms with Crippen LogP contribution in [0.1, 0.15) is 17.4 Å². The van der Waals surface area contributed by atoms with E-state index in [9.17, 15) is 13.2 Å². The van der Waals surface area contributed by atoms with Crippen molar-refractivity contribution < 1.29 is 22.6 Å². The van der Waals surface area contributed by atoms with Gasteiger partial charge in [-0.3, -0.25) is 0 Å². The Hall–Kier alpha value is -0.650. The molecule has 0 bridgehead atoms. The molecule has 19 heavy (non-hydrogen) atoms. The molecule has 0 aromatic heterocycles. The SMILES string of the molecule is COc1ccc(C(Cl)CCOCC(F)(F)F)cc1Cl. The molecule has 2 nitrogen and oxygen atoms in total. The molecule has 1 unspecified atom stereocenters. The van der Waals surface area contributed by atoms with Gasteiger partial charge in [0.15, 0.2) is 0 Å². The number of alkyl halides is 4. The van der Waals surface area contributed by atoms with E-state index in [1.54, 1.807) is 18.2 Å². The molecule has 0 saturated heterocycles. The minimum absolute atomic E-state index is 0.0721. The van der Waals surface area contributed by atoms with Crippen molar-refractivity contribution >= 4 is 23.2 Å². The van der Waals surface area contributed by atoms with E-state index in [-0.39, 0.29) is 13.0 Å². The lowest BCUT2D eigenvalue weighted by Crippen LogP contribution is -2.17. The summed E-state index contributed by atoms with van der Waals surface area (Å²) in [7, 11) is 1.49. The lowest BCUT2D eigenvalue weighted by atomic mass is 10.1. The smallest absolute Gasteiger partial charge is 0.411 e. The third-order valence-electron chi connectivity index (χ3n) is 2.32. The van der Waals surface area contributed by atoms with Crippen LogP contribution in [0.2, 0.25) is 5.02 Å². The van der Waals surface area contributed by atoms with E-state index >= 15 is 0 Å². The maximum absolute atomic E-state index is 11.9. The predicted octanol–water partition coefficient (Wildman–Crippen LogP) is 4.60. The molecule has 108 valence electrons. The molecule has 0 amide bonds. The molecule has 0 radical (unpaired) electrons. The number of benzene rings is 1. The van der Waals surface area contributed by atoms with Crippen molar-refractivity contribution in [1.82, 2.24) is 0 Å². The number of rotatable bonds is 6. The minimum atomic E-state index is -4.31. The fourth-order valence-electron chi connectivity index (χ4n) is 1.42. The van der Waals surface area contributed by atoms with E-state index in [2.05, 4.69) is 4.74 Å². The number of halogens is 5. The van der Waals surface area contributed by atoms with Crippen molar-refractivity contribution in [1.29, 1.82) is 0 Å². The molecule has 1 aromatic rings. The highest BCUT2D eigenvalue weighted by Crippen LogP contribution is 2.31. The first-order chi connectivity index (χ1) is 8.83. The molecule has 1 aromatic carbocycles. The molecule has 0 fully saturated rings. The Bertz CT molecular complexity index is 410. The molecule has 0 heterocycles. The van der Waals surface area contributed by atoms with E-state index < -0.39 is 18.2 Å². The van der Waals surface area contributed by atoms with Crippen LogP contribution in [0.4, 0.5) is 13.2 Å². The fourth-order valence-corrected chi connectivity index (χ4v) is 1.91. The van der Waals surface area contributed by atoms with E-state index in [1.165, 1.54) is 7.11 Å². The standard InChI is InChI=1S/C12H13Cl2F3O2/c1-18-11-3-2-8(6-10(11)14)9(13)4-5-19-7-12(15,16)17/h2-3,6,9H,4-5,7H2,1H3. The zero-order valence-electron chi connectivity index (χ0n) is 10.1. The number of hydrogen-bond acceptors (Lipinski definition) is 2. The molecular weight excluding hydrogens is 304 g/mol. The second-order valence-corrected chi connectivity index (χ2v) is 4.75. The summed E-state index contributed by atoms with van der Waals surface area (Å²) in [6, 6.07) is 5.00. The van der Waals surface area contributed by atoms with Crippen molar-refractivity contribution in [2.45, 2.75) is 18.0 Å². The highest BCUT2D eigenvalue weighted by atomic mass is 35.5. The average molecular weight is 317 g/mol. The van der Waals surface area contributed by atoms with Gasteiger partial charge >= 0.3 is 6.18 Å². The third kappa shape index (κ3) is 5.89. The van der Waals surface area contributed by atoms with Gasteiger partial charge in [0, 0.05) is 6.61 Å². The summed E-state index contributed by atoms with van der Waals surface area (Å²) in [6.07, 6.45) is -4.05. The second kappa shape index (κ2) is 7.22. The summed E-state index contributed by atoms with van der Waals surface area (Å²) < 4.78 is 45.0. The summed E-state index contributed by atoms with van der Waals surface area (Å²) in [5.74, 6) is 0.516. The van der Waals surface area contributed by atoms with Crippen LogP contribution in [0.3, 0.4) is 0 Å². The Balaban J connectivity index is 2.45. The van der Waals surface area contributed by atoms with E-state index in [0.717, 1.165) is 0 Å². The Morgan fingerprint density at radius 3 is 2.53 bits per heavy atom. The Kier molecular flexibility index (Phi) is 6.23. The Morgan fingerprint density at radius 2 is 2.00 bits per heavy atom. The normalized spacial score (nSPS) is 13.4. The first kappa shape index (κ1) is 16.4. The van der Waals surface area contributed by atoms with E-state index in [0.29, 0.717) is 16.3 Å². The van der Waals surface area contributed by atoms with Gasteiger partial charge in [-0.05, 0) is 24.1 Å². The van der Waals surface area contributed by atoms with Crippen LogP contribution in [-0.2, 0) is 4.74 Å². The summed E-state index contributed by atoms with van der Waals surface area (Å²) in [5.41, 5.74) is 0.711. The zero-order chi connectivity index (χ0) is 14.5. The molecule has 0 aliphatic heterocycles. The maximum atomic E-state index is 11.9. The average Bonchev–Trinajstić information content (AvgIpc) is 2.33. The monoisotopic (exact) mass is 316 g/mol. The predicted molar refractivity (Wildman–Crippen MR) is 68.1 cm³/mol. The van der Waals surface area contributed by atoms with Crippen LogP contribution < -0.4 is 4.74 Å². The van der Waals surface area contributed by atoms with Gasteiger partial charge in [-0.2, -0.15) is 13.2 Å². The van der Waals surface area contributed by atoms with Gasteiger partial charge in [-0.25, -0.2) is 0 Å². The highest BCUT2D eigenvalue weighted by molar-refractivity contribution is 6.32. The van der Waals surface area contributed by atoms with Crippen LogP contribution in [0.25, 0.3) is 0 Å². The van der Waals surface area contributed by atoms with Crippen LogP contribution in [0.5, 0.6) is 5.75 Å². The van der Waals surface area contributed by atoms with Crippen LogP contribution in [0.15, 0.2) is 18.2 Å². The van der Waals surface area contributed by atoms with Crippen molar-refractivity contribution in [3.05, 3.63) is 28.8 Å². The quantitative estimate of drug-likeness (QED) is 0.564. The molecule has 0 N–H and O–H groups in total. The number of ether oxygens (including phenoxy) is 2. The summed E-state index contributed by atoms with van der Waals surface area (Å²) >= 11 is 12.0. The van der Waals surface area contributed by atoms with Gasteiger partial charge in [0.2, 0.25) is 0 Å². The van der Waals surface area contributed by atoms with Gasteiger partial charge in [0.05, 0.1) is 17.5 Å². The highest BCUT2D eigenvalue weighted by Gasteiger charge is 2.27. The van der Waals surface area contributed by atoms with Gasteiger partial charge in [-0.1, -0.05) is 17.7 Å². The largest absolute Gasteiger partial charge is 0.495 e. The molecule has 0 spiro atoms. The second-order valence-electron chi connectivity index (χ2n) is 3.82. The van der Waals surface area contributed by atoms with Crippen LogP contribution in [0, 0.1) is 0 Å². The zero-order valence-corrected chi connectivity index (χ0v) is 11.6. The summed E-state index contributed by atoms with van der Waals surface area (Å²) in [4.78, 5) is 0. The molecule has 1 atom stereocenters. The van der Waals surface area contributed by atoms with Gasteiger partial charge < -0.3 is 9.47 Å². The van der Waals surface area contributed by atoms with Crippen LogP contribution >= 0.6 is 23.2 Å². The lowest BCUT2D eigenvalue weighted by Gasteiger charge is -2.12. The van der Waals surface area contributed by atoms with Gasteiger partial charge in [0.25, 0.3) is 0 Å². The molecule has 7 heteroatoms. The van der Waals surface area contributed by atoms with Gasteiger partial charge in [0.1, 0.15) is 12.4 Å². The van der Waals surface area contributed by atoms with Crippen molar-refractivity contribution in [3.8, 4) is 5.75 Å². The van der Waals surface area contributed by atoms with Crippen molar-refractivity contribution in [2.75, 3.05) is 20.3 Å². The minimum Gasteiger partial charge on any atom is -0.495 e. The van der Waals surface area contributed by atoms with Crippen molar-refractivity contribution in [3.63, 3.8) is 0 Å². The number of hydrogen-bond donors (Lipinski definition) is 0. The van der Waals surface area contributed by atoms with E-state index in [1.807, 2.05) is 0 Å². The van der Waals surface area contributed by atoms with Crippen LogP contribution in [-0.4, -0.2) is 26.5 Å². The Morgan fingerprint density at radius 1 is 1.32 bits per heavy atom. The molecule has 0 saturated carbocycles. The molecule has 0 aliphatic carbocycles. The fraction of sp³-hybridized carbons (Fsp3) is 0.500. The maximum Gasteiger partial charge on any atom is 0.411 e. The molecule has 1 rings (SSSR count). The summed E-state index contributed by atoms with van der Waals surface area (Å²) in [6.45, 7) is -1.34. The van der Waals surface area contributed by atoms with E-state index in [4.69, 9.17) is 27.9 Å². The van der Waals surface area contributed by atoms with Crippen molar-refractivity contribution in [2.24, 2.45) is 0 Å². The van der Waals surface area contributed by atoms with Gasteiger partial charge in [-0.15, -0.1) is 11.6 Å². The first-order valence-corrected chi connectivity index (χ1v) is 6.27. The Labute approximate surface area is 119 Å².